The third-order valence-corrected chi connectivity index (χ3v) is 5.51. The van der Waals surface area contributed by atoms with Crippen molar-refractivity contribution in [3.05, 3.63) is 108 Å². The Morgan fingerprint density at radius 3 is 2.51 bits per heavy atom. The second-order valence-electron chi connectivity index (χ2n) is 8.01. The molecule has 7 nitrogen and oxygen atoms in total. The first-order chi connectivity index (χ1) is 17.0. The number of hydrogen-bond donors (Lipinski definition) is 3. The number of nitrogens with one attached hydrogen (secondary N) is 1. The zero-order chi connectivity index (χ0) is 24.6. The van der Waals surface area contributed by atoms with Gasteiger partial charge in [-0.3, -0.25) is 14.6 Å². The van der Waals surface area contributed by atoms with Crippen molar-refractivity contribution in [3.63, 3.8) is 0 Å². The van der Waals surface area contributed by atoms with Crippen molar-refractivity contribution in [1.29, 1.82) is 0 Å². The number of phenols is 1. The Hall–Kier alpha value is -4.49. The second kappa shape index (κ2) is 11.1. The van der Waals surface area contributed by atoms with Crippen LogP contribution >= 0.6 is 0 Å². The van der Waals surface area contributed by atoms with Gasteiger partial charge in [-0.2, -0.15) is 0 Å². The molecule has 176 valence electrons. The van der Waals surface area contributed by atoms with Crippen molar-refractivity contribution in [2.75, 3.05) is 0 Å². The monoisotopic (exact) mass is 467 g/mol. The van der Waals surface area contributed by atoms with E-state index < -0.39 is 12.0 Å². The summed E-state index contributed by atoms with van der Waals surface area (Å²) in [6, 6.07) is 23.3. The van der Waals surface area contributed by atoms with Gasteiger partial charge < -0.3 is 20.6 Å². The van der Waals surface area contributed by atoms with Crippen LogP contribution < -0.4 is 5.73 Å². The largest absolute Gasteiger partial charge is 0.507 e. The quantitative estimate of drug-likeness (QED) is 0.249. The molecule has 3 aromatic carbocycles. The summed E-state index contributed by atoms with van der Waals surface area (Å²) < 4.78 is 5.16. The molecule has 0 radical (unpaired) electrons. The summed E-state index contributed by atoms with van der Waals surface area (Å²) in [6.45, 7) is 0.169. The van der Waals surface area contributed by atoms with Gasteiger partial charge in [-0.25, -0.2) is 0 Å². The number of benzene rings is 3. The lowest BCUT2D eigenvalue weighted by Crippen LogP contribution is -2.34. The molecule has 1 unspecified atom stereocenters. The molecule has 7 heteroatoms. The van der Waals surface area contributed by atoms with Gasteiger partial charge in [0, 0.05) is 22.5 Å². The molecule has 1 atom stereocenters. The summed E-state index contributed by atoms with van der Waals surface area (Å²) in [7, 11) is 0. The molecule has 35 heavy (non-hydrogen) atoms. The third-order valence-electron chi connectivity index (χ3n) is 5.51. The maximum Gasteiger partial charge on any atom is 0.323 e. The van der Waals surface area contributed by atoms with Crippen LogP contribution in [0.25, 0.3) is 21.8 Å². The Morgan fingerprint density at radius 1 is 0.971 bits per heavy atom. The number of pyridine rings is 1. The van der Waals surface area contributed by atoms with Crippen LogP contribution in [0.1, 0.15) is 21.5 Å². The molecule has 0 saturated carbocycles. The normalized spacial score (nSPS) is 11.5. The number of aromatic amines is 1. The van der Waals surface area contributed by atoms with E-state index in [4.69, 9.17) is 10.5 Å². The average Bonchev–Trinajstić information content (AvgIpc) is 3.28. The van der Waals surface area contributed by atoms with Crippen LogP contribution in [0.3, 0.4) is 0 Å². The van der Waals surface area contributed by atoms with E-state index >= 15 is 0 Å². The fraction of sp³-hybridized carbons (Fsp3) is 0.107. The van der Waals surface area contributed by atoms with E-state index in [1.54, 1.807) is 6.07 Å². The lowest BCUT2D eigenvalue weighted by atomic mass is 10.0. The van der Waals surface area contributed by atoms with Gasteiger partial charge in [0.05, 0.1) is 17.3 Å². The van der Waals surface area contributed by atoms with Crippen LogP contribution in [-0.4, -0.2) is 33.4 Å². The fourth-order valence-corrected chi connectivity index (χ4v) is 3.70. The number of phenolic OH excluding ortho intramolecular Hbond substituents is 1. The number of nitrogens with zero attached hydrogens (tertiary/aromatic N) is 1. The van der Waals surface area contributed by atoms with Gasteiger partial charge in [0.2, 0.25) is 0 Å². The first-order valence-corrected chi connectivity index (χ1v) is 11.1. The van der Waals surface area contributed by atoms with Gasteiger partial charge in [-0.05, 0) is 41.8 Å². The Bertz CT molecular complexity index is 1400. The lowest BCUT2D eigenvalue weighted by Gasteiger charge is -2.12. The molecule has 0 saturated heterocycles. The number of aldehydes is 1. The predicted octanol–water partition coefficient (Wildman–Crippen LogP) is 4.53. The summed E-state index contributed by atoms with van der Waals surface area (Å²) >= 11 is 0. The molecular weight excluding hydrogens is 442 g/mol. The van der Waals surface area contributed by atoms with Crippen LogP contribution in [0.5, 0.6) is 5.75 Å². The average molecular weight is 468 g/mol. The highest BCUT2D eigenvalue weighted by atomic mass is 16.5. The highest BCUT2D eigenvalue weighted by Gasteiger charge is 2.16. The van der Waals surface area contributed by atoms with Gasteiger partial charge in [-0.15, -0.1) is 0 Å². The van der Waals surface area contributed by atoms with Crippen molar-refractivity contribution in [2.24, 2.45) is 5.73 Å². The minimum atomic E-state index is -0.826. The Labute approximate surface area is 202 Å². The minimum absolute atomic E-state index is 0.0982. The van der Waals surface area contributed by atoms with Gasteiger partial charge in [0.25, 0.3) is 0 Å². The molecule has 5 rings (SSSR count). The molecule has 2 heterocycles. The number of hydrogen-bond acceptors (Lipinski definition) is 6. The number of rotatable bonds is 6. The summed E-state index contributed by atoms with van der Waals surface area (Å²) in [6.07, 6.45) is 4.46. The number of nitrogens with two attached hydrogens (primary N) is 1. The number of carbonyl (C=O) groups is 2. The zero-order valence-electron chi connectivity index (χ0n) is 18.9. The molecule has 0 amide bonds. The van der Waals surface area contributed by atoms with E-state index in [-0.39, 0.29) is 24.3 Å². The van der Waals surface area contributed by atoms with Crippen molar-refractivity contribution >= 4 is 34.1 Å². The highest BCUT2D eigenvalue weighted by Crippen LogP contribution is 2.23. The number of H-pyrrole nitrogens is 1. The number of carbonyl (C=O) groups excluding carboxylic acids is 2. The summed E-state index contributed by atoms with van der Waals surface area (Å²) in [5.74, 6) is -0.608. The van der Waals surface area contributed by atoms with E-state index in [9.17, 15) is 14.7 Å². The predicted molar refractivity (Wildman–Crippen MR) is 135 cm³/mol. The number of para-hydroxylation sites is 1. The fourth-order valence-electron chi connectivity index (χ4n) is 3.70. The number of aromatic hydroxyl groups is 1. The topological polar surface area (TPSA) is 118 Å². The molecule has 0 aliphatic rings. The molecule has 0 aliphatic carbocycles. The molecule has 0 aliphatic heterocycles. The van der Waals surface area contributed by atoms with E-state index in [1.807, 2.05) is 54.9 Å². The van der Waals surface area contributed by atoms with Crippen molar-refractivity contribution < 1.29 is 19.4 Å². The molecule has 0 bridgehead atoms. The lowest BCUT2D eigenvalue weighted by molar-refractivity contribution is -0.146. The van der Waals surface area contributed by atoms with E-state index in [2.05, 4.69) is 28.2 Å². The molecule has 5 aromatic rings. The first-order valence-electron chi connectivity index (χ1n) is 11.1. The smallest absolute Gasteiger partial charge is 0.323 e. The van der Waals surface area contributed by atoms with Crippen LogP contribution in [-0.2, 0) is 22.6 Å². The van der Waals surface area contributed by atoms with Crippen LogP contribution in [0, 0.1) is 0 Å². The minimum Gasteiger partial charge on any atom is -0.507 e. The zero-order valence-corrected chi connectivity index (χ0v) is 18.9. The van der Waals surface area contributed by atoms with Crippen molar-refractivity contribution in [3.8, 4) is 5.75 Å². The maximum atomic E-state index is 11.9. The first kappa shape index (κ1) is 23.7. The number of esters is 1. The van der Waals surface area contributed by atoms with Crippen LogP contribution in [0.2, 0.25) is 0 Å². The number of fused-ring (bicyclic) bond motifs is 3. The number of ether oxygens (including phenoxy) is 1. The molecule has 0 spiro atoms. The molecular formula is C28H25N3O4. The van der Waals surface area contributed by atoms with Crippen molar-refractivity contribution in [2.45, 2.75) is 19.1 Å². The van der Waals surface area contributed by atoms with E-state index in [0.717, 1.165) is 11.1 Å². The van der Waals surface area contributed by atoms with Gasteiger partial charge >= 0.3 is 5.97 Å². The van der Waals surface area contributed by atoms with Crippen LogP contribution in [0.15, 0.2) is 91.3 Å². The SMILES string of the molecule is NC(Cc1ccc(O)c(C=O)c1)C(=O)OCc1ccccc1.c1ccc2c(c1)[nH]c1cnccc12. The molecule has 4 N–H and O–H groups in total. The van der Waals surface area contributed by atoms with Crippen molar-refractivity contribution in [1.82, 2.24) is 9.97 Å². The third kappa shape index (κ3) is 5.90. The summed E-state index contributed by atoms with van der Waals surface area (Å²) in [5.41, 5.74) is 9.83. The van der Waals surface area contributed by atoms with Gasteiger partial charge in [0.15, 0.2) is 6.29 Å². The van der Waals surface area contributed by atoms with E-state index in [0.29, 0.717) is 11.8 Å². The molecule has 2 aromatic heterocycles. The van der Waals surface area contributed by atoms with Gasteiger partial charge in [0.1, 0.15) is 18.4 Å². The van der Waals surface area contributed by atoms with E-state index in [1.165, 1.54) is 28.4 Å². The van der Waals surface area contributed by atoms with Gasteiger partial charge in [-0.1, -0.05) is 54.6 Å². The summed E-state index contributed by atoms with van der Waals surface area (Å²) in [5, 5.41) is 11.9. The maximum absolute atomic E-state index is 11.9. The van der Waals surface area contributed by atoms with Crippen LogP contribution in [0.4, 0.5) is 0 Å². The molecule has 0 fully saturated rings. The summed E-state index contributed by atoms with van der Waals surface area (Å²) in [4.78, 5) is 30.0. The Balaban J connectivity index is 0.000000186. The standard InChI is InChI=1S/C17H17NO4.C11H8N2/c18-15(9-13-6-7-16(20)14(8-13)10-19)17(21)22-11-12-4-2-1-3-5-12;1-2-4-10-8(3-1)9-5-6-12-7-11(9)13-10/h1-8,10,15,20H,9,11,18H2;1-7,13H. The highest BCUT2D eigenvalue weighted by molar-refractivity contribution is 6.06. The number of aromatic nitrogens is 2. The Kier molecular flexibility index (Phi) is 7.50. The second-order valence-corrected chi connectivity index (χ2v) is 8.01. The Morgan fingerprint density at radius 2 is 1.71 bits per heavy atom.